The lowest BCUT2D eigenvalue weighted by Gasteiger charge is -2.09. The molecule has 1 heterocycles. The molecule has 0 radical (unpaired) electrons. The molecule has 0 aliphatic heterocycles. The zero-order valence-electron chi connectivity index (χ0n) is 11.8. The first-order chi connectivity index (χ1) is 9.75. The molecule has 0 N–H and O–H groups in total. The van der Waals surface area contributed by atoms with Crippen molar-refractivity contribution in [3.8, 4) is 22.4 Å². The third kappa shape index (κ3) is 2.35. The summed E-state index contributed by atoms with van der Waals surface area (Å²) in [6.45, 7) is 4.31. The average molecular weight is 259 g/mol. The van der Waals surface area contributed by atoms with E-state index < -0.39 is 0 Å². The molecule has 0 saturated heterocycles. The number of aromatic nitrogens is 1. The molecule has 3 rings (SSSR count). The number of benzene rings is 2. The van der Waals surface area contributed by atoms with Gasteiger partial charge >= 0.3 is 0 Å². The molecule has 0 unspecified atom stereocenters. The van der Waals surface area contributed by atoms with E-state index in [0.29, 0.717) is 0 Å². The molecule has 0 atom stereocenters. The predicted molar refractivity (Wildman–Crippen MR) is 84.6 cm³/mol. The summed E-state index contributed by atoms with van der Waals surface area (Å²) in [5, 5.41) is 0. The fourth-order valence-corrected chi connectivity index (χ4v) is 2.40. The van der Waals surface area contributed by atoms with Gasteiger partial charge in [0.05, 0.1) is 5.69 Å². The summed E-state index contributed by atoms with van der Waals surface area (Å²) in [4.78, 5) is 4.60. The van der Waals surface area contributed by atoms with Gasteiger partial charge in [-0.15, -0.1) is 0 Å². The van der Waals surface area contributed by atoms with E-state index in [1.165, 1.54) is 22.3 Å². The summed E-state index contributed by atoms with van der Waals surface area (Å²) < 4.78 is 0. The fraction of sp³-hybridized carbons (Fsp3) is 0.105. The lowest BCUT2D eigenvalue weighted by Crippen LogP contribution is -1.89. The van der Waals surface area contributed by atoms with Crippen molar-refractivity contribution in [3.05, 3.63) is 78.0 Å². The van der Waals surface area contributed by atoms with Crippen molar-refractivity contribution in [3.63, 3.8) is 0 Å². The predicted octanol–water partition coefficient (Wildman–Crippen LogP) is 5.03. The SMILES string of the molecule is Cc1cccc(-c2ccc(-c3ccccc3)nc2)c1C. The lowest BCUT2D eigenvalue weighted by molar-refractivity contribution is 1.30. The summed E-state index contributed by atoms with van der Waals surface area (Å²) in [5.74, 6) is 0. The van der Waals surface area contributed by atoms with Crippen LogP contribution in [0.3, 0.4) is 0 Å². The zero-order chi connectivity index (χ0) is 13.9. The lowest BCUT2D eigenvalue weighted by atomic mass is 9.98. The van der Waals surface area contributed by atoms with Crippen molar-refractivity contribution in [2.24, 2.45) is 0 Å². The molecule has 0 aliphatic carbocycles. The van der Waals surface area contributed by atoms with Crippen LogP contribution in [0.25, 0.3) is 22.4 Å². The van der Waals surface area contributed by atoms with Gasteiger partial charge in [0.25, 0.3) is 0 Å². The molecule has 0 spiro atoms. The van der Waals surface area contributed by atoms with Crippen LogP contribution in [0.5, 0.6) is 0 Å². The topological polar surface area (TPSA) is 12.9 Å². The minimum Gasteiger partial charge on any atom is -0.256 e. The van der Waals surface area contributed by atoms with E-state index in [1.54, 1.807) is 0 Å². The minimum absolute atomic E-state index is 1.01. The Hall–Kier alpha value is -2.41. The maximum atomic E-state index is 4.60. The molecule has 2 aromatic carbocycles. The average Bonchev–Trinajstić information content (AvgIpc) is 2.51. The molecule has 3 aromatic rings. The largest absolute Gasteiger partial charge is 0.256 e. The van der Waals surface area contributed by atoms with Gasteiger partial charge in [-0.2, -0.15) is 0 Å². The second-order valence-corrected chi connectivity index (χ2v) is 5.05. The summed E-state index contributed by atoms with van der Waals surface area (Å²) in [5.41, 5.74) is 7.24. The quantitative estimate of drug-likeness (QED) is 0.628. The number of nitrogens with zero attached hydrogens (tertiary/aromatic N) is 1. The van der Waals surface area contributed by atoms with Crippen molar-refractivity contribution in [2.45, 2.75) is 13.8 Å². The first-order valence-corrected chi connectivity index (χ1v) is 6.84. The highest BCUT2D eigenvalue weighted by atomic mass is 14.7. The van der Waals surface area contributed by atoms with Crippen LogP contribution in [0.4, 0.5) is 0 Å². The van der Waals surface area contributed by atoms with Gasteiger partial charge in [-0.1, -0.05) is 54.6 Å². The first-order valence-electron chi connectivity index (χ1n) is 6.84. The summed E-state index contributed by atoms with van der Waals surface area (Å²) >= 11 is 0. The van der Waals surface area contributed by atoms with Crippen molar-refractivity contribution in [1.29, 1.82) is 0 Å². The standard InChI is InChI=1S/C19H17N/c1-14-7-6-10-18(15(14)2)17-11-12-19(20-13-17)16-8-4-3-5-9-16/h3-13H,1-2H3. The van der Waals surface area contributed by atoms with Gasteiger partial charge in [0.15, 0.2) is 0 Å². The Bertz CT molecular complexity index is 713. The van der Waals surface area contributed by atoms with Crippen LogP contribution in [0, 0.1) is 13.8 Å². The Morgan fingerprint density at radius 1 is 0.700 bits per heavy atom. The maximum Gasteiger partial charge on any atom is 0.0702 e. The van der Waals surface area contributed by atoms with E-state index >= 15 is 0 Å². The van der Waals surface area contributed by atoms with Gasteiger partial charge in [0.2, 0.25) is 0 Å². The normalized spacial score (nSPS) is 10.5. The van der Waals surface area contributed by atoms with Gasteiger partial charge < -0.3 is 0 Å². The van der Waals surface area contributed by atoms with E-state index in [2.05, 4.69) is 61.3 Å². The molecule has 0 fully saturated rings. The molecule has 98 valence electrons. The number of rotatable bonds is 2. The van der Waals surface area contributed by atoms with E-state index in [-0.39, 0.29) is 0 Å². The molecule has 0 bridgehead atoms. The van der Waals surface area contributed by atoms with Crippen LogP contribution in [-0.2, 0) is 0 Å². The molecule has 1 nitrogen and oxygen atoms in total. The Morgan fingerprint density at radius 2 is 1.50 bits per heavy atom. The van der Waals surface area contributed by atoms with Crippen LogP contribution < -0.4 is 0 Å². The fourth-order valence-electron chi connectivity index (χ4n) is 2.40. The zero-order valence-corrected chi connectivity index (χ0v) is 11.8. The van der Waals surface area contributed by atoms with Gasteiger partial charge in [-0.3, -0.25) is 4.98 Å². The summed E-state index contributed by atoms with van der Waals surface area (Å²) in [7, 11) is 0. The first kappa shape index (κ1) is 12.6. The van der Waals surface area contributed by atoms with Crippen LogP contribution in [0.15, 0.2) is 66.9 Å². The summed E-state index contributed by atoms with van der Waals surface area (Å²) in [6.07, 6.45) is 1.96. The van der Waals surface area contributed by atoms with Gasteiger partial charge in [-0.25, -0.2) is 0 Å². The minimum atomic E-state index is 1.01. The third-order valence-corrected chi connectivity index (χ3v) is 3.75. The molecule has 0 amide bonds. The highest BCUT2D eigenvalue weighted by molar-refractivity contribution is 5.70. The smallest absolute Gasteiger partial charge is 0.0702 e. The van der Waals surface area contributed by atoms with Gasteiger partial charge in [0.1, 0.15) is 0 Å². The van der Waals surface area contributed by atoms with E-state index in [4.69, 9.17) is 0 Å². The Balaban J connectivity index is 2.00. The van der Waals surface area contributed by atoms with Crippen molar-refractivity contribution >= 4 is 0 Å². The Labute approximate surface area is 119 Å². The highest BCUT2D eigenvalue weighted by Crippen LogP contribution is 2.26. The molecule has 0 saturated carbocycles. The highest BCUT2D eigenvalue weighted by Gasteiger charge is 2.05. The molecule has 1 aromatic heterocycles. The molecular weight excluding hydrogens is 242 g/mol. The molecule has 20 heavy (non-hydrogen) atoms. The molecular formula is C19H17N. The maximum absolute atomic E-state index is 4.60. The van der Waals surface area contributed by atoms with E-state index in [0.717, 1.165) is 11.3 Å². The van der Waals surface area contributed by atoms with Crippen LogP contribution in [0.2, 0.25) is 0 Å². The monoisotopic (exact) mass is 259 g/mol. The van der Waals surface area contributed by atoms with Crippen molar-refractivity contribution in [2.75, 3.05) is 0 Å². The van der Waals surface area contributed by atoms with Crippen molar-refractivity contribution in [1.82, 2.24) is 4.98 Å². The third-order valence-electron chi connectivity index (χ3n) is 3.75. The van der Waals surface area contributed by atoms with Crippen molar-refractivity contribution < 1.29 is 0 Å². The number of pyridine rings is 1. The number of aryl methyl sites for hydroxylation is 1. The molecule has 1 heteroatoms. The van der Waals surface area contributed by atoms with Crippen LogP contribution >= 0.6 is 0 Å². The number of hydrogen-bond acceptors (Lipinski definition) is 1. The van der Waals surface area contributed by atoms with E-state index in [9.17, 15) is 0 Å². The second kappa shape index (κ2) is 5.30. The van der Waals surface area contributed by atoms with Crippen LogP contribution in [-0.4, -0.2) is 4.98 Å². The summed E-state index contributed by atoms with van der Waals surface area (Å²) in [6, 6.07) is 20.9. The molecule has 0 aliphatic rings. The van der Waals surface area contributed by atoms with Gasteiger partial charge in [-0.05, 0) is 36.6 Å². The van der Waals surface area contributed by atoms with Gasteiger partial charge in [0, 0.05) is 17.3 Å². The number of hydrogen-bond donors (Lipinski definition) is 0. The Morgan fingerprint density at radius 3 is 2.20 bits per heavy atom. The second-order valence-electron chi connectivity index (χ2n) is 5.05. The van der Waals surface area contributed by atoms with Crippen LogP contribution in [0.1, 0.15) is 11.1 Å². The van der Waals surface area contributed by atoms with E-state index in [1.807, 2.05) is 24.4 Å². The Kier molecular flexibility index (Phi) is 3.34.